The maximum Gasteiger partial charge on any atom is 0.227 e. The van der Waals surface area contributed by atoms with Gasteiger partial charge >= 0.3 is 0 Å². The average Bonchev–Trinajstić information content (AvgIpc) is 2.31. The van der Waals surface area contributed by atoms with Crippen LogP contribution in [0.3, 0.4) is 0 Å². The van der Waals surface area contributed by atoms with Crippen molar-refractivity contribution in [2.45, 2.75) is 59.0 Å². The molecule has 0 heterocycles. The van der Waals surface area contributed by atoms with Crippen molar-refractivity contribution in [1.82, 2.24) is 5.32 Å². The largest absolute Gasteiger partial charge is 0.388 e. The molecular weight excluding hydrogens is 228 g/mol. The van der Waals surface area contributed by atoms with Crippen molar-refractivity contribution in [2.75, 3.05) is 13.1 Å². The van der Waals surface area contributed by atoms with Crippen LogP contribution in [0.1, 0.15) is 53.4 Å². The summed E-state index contributed by atoms with van der Waals surface area (Å²) in [4.78, 5) is 11.9. The second-order valence-electron chi connectivity index (χ2n) is 7.16. The summed E-state index contributed by atoms with van der Waals surface area (Å²) < 4.78 is 0. The van der Waals surface area contributed by atoms with Crippen molar-refractivity contribution < 1.29 is 9.90 Å². The van der Waals surface area contributed by atoms with Crippen LogP contribution < -0.4 is 11.1 Å². The minimum atomic E-state index is -0.740. The van der Waals surface area contributed by atoms with E-state index in [2.05, 4.69) is 19.2 Å². The van der Waals surface area contributed by atoms with E-state index in [1.165, 1.54) is 0 Å². The first-order valence-electron chi connectivity index (χ1n) is 6.81. The molecule has 0 atom stereocenters. The summed E-state index contributed by atoms with van der Waals surface area (Å²) >= 11 is 0. The van der Waals surface area contributed by atoms with E-state index in [4.69, 9.17) is 5.73 Å². The highest BCUT2D eigenvalue weighted by molar-refractivity contribution is 5.82. The molecule has 0 aromatic carbocycles. The number of nitrogens with two attached hydrogens (primary N) is 1. The van der Waals surface area contributed by atoms with Crippen molar-refractivity contribution in [1.29, 1.82) is 0 Å². The zero-order chi connectivity index (χ0) is 14.0. The number of nitrogens with one attached hydrogen (secondary N) is 1. The van der Waals surface area contributed by atoms with Crippen LogP contribution in [0.4, 0.5) is 0 Å². The number of rotatable bonds is 4. The van der Waals surface area contributed by atoms with Crippen molar-refractivity contribution in [3.05, 3.63) is 0 Å². The lowest BCUT2D eigenvalue weighted by molar-refractivity contribution is -0.130. The molecule has 0 aromatic heterocycles. The second-order valence-corrected chi connectivity index (χ2v) is 7.16. The predicted molar refractivity (Wildman–Crippen MR) is 73.0 cm³/mol. The first-order valence-corrected chi connectivity index (χ1v) is 6.81. The molecule has 0 unspecified atom stereocenters. The molecule has 18 heavy (non-hydrogen) atoms. The monoisotopic (exact) mass is 256 g/mol. The van der Waals surface area contributed by atoms with Gasteiger partial charge in [0.25, 0.3) is 0 Å². The minimum absolute atomic E-state index is 0.0803. The lowest BCUT2D eigenvalue weighted by Crippen LogP contribution is -2.50. The van der Waals surface area contributed by atoms with E-state index in [1.807, 2.05) is 13.8 Å². The van der Waals surface area contributed by atoms with Gasteiger partial charge in [-0.25, -0.2) is 0 Å². The topological polar surface area (TPSA) is 75.3 Å². The Kier molecular flexibility index (Phi) is 4.44. The molecule has 4 N–H and O–H groups in total. The molecule has 1 aliphatic carbocycles. The summed E-state index contributed by atoms with van der Waals surface area (Å²) in [5, 5.41) is 13.3. The Labute approximate surface area is 110 Å². The summed E-state index contributed by atoms with van der Waals surface area (Å²) in [6.45, 7) is 8.73. The van der Waals surface area contributed by atoms with E-state index in [0.717, 1.165) is 25.7 Å². The molecule has 0 saturated heterocycles. The highest BCUT2D eigenvalue weighted by Crippen LogP contribution is 2.39. The van der Waals surface area contributed by atoms with E-state index in [9.17, 15) is 9.90 Å². The van der Waals surface area contributed by atoms with Crippen LogP contribution in [0.15, 0.2) is 0 Å². The Balaban J connectivity index is 2.47. The lowest BCUT2D eigenvalue weighted by atomic mass is 9.71. The fourth-order valence-electron chi connectivity index (χ4n) is 2.15. The van der Waals surface area contributed by atoms with Crippen LogP contribution in [-0.2, 0) is 4.79 Å². The SMILES string of the molecule is CC1(C)CCC(O)(CNC(=O)C(C)(C)CN)CC1. The highest BCUT2D eigenvalue weighted by atomic mass is 16.3. The molecular formula is C14H28N2O2. The Morgan fingerprint density at radius 1 is 1.28 bits per heavy atom. The van der Waals surface area contributed by atoms with Gasteiger partial charge in [0.1, 0.15) is 0 Å². The van der Waals surface area contributed by atoms with Crippen molar-refractivity contribution in [2.24, 2.45) is 16.6 Å². The van der Waals surface area contributed by atoms with Gasteiger partial charge in [-0.15, -0.1) is 0 Å². The normalized spacial score (nSPS) is 22.6. The molecule has 0 aliphatic heterocycles. The van der Waals surface area contributed by atoms with E-state index < -0.39 is 11.0 Å². The molecule has 4 heteroatoms. The maximum absolute atomic E-state index is 11.9. The standard InChI is InChI=1S/C14H28N2O2/c1-12(2)5-7-14(18,8-6-12)10-16-11(17)13(3,4)9-15/h18H,5-10,15H2,1-4H3,(H,16,17). The first kappa shape index (κ1) is 15.4. The molecule has 0 spiro atoms. The van der Waals surface area contributed by atoms with Gasteiger partial charge in [0, 0.05) is 13.1 Å². The van der Waals surface area contributed by atoms with Crippen molar-refractivity contribution in [3.63, 3.8) is 0 Å². The van der Waals surface area contributed by atoms with E-state index in [0.29, 0.717) is 18.5 Å². The smallest absolute Gasteiger partial charge is 0.227 e. The molecule has 0 bridgehead atoms. The summed E-state index contributed by atoms with van der Waals surface area (Å²) in [7, 11) is 0. The van der Waals surface area contributed by atoms with E-state index in [-0.39, 0.29) is 5.91 Å². The number of carbonyl (C=O) groups excluding carboxylic acids is 1. The third-order valence-corrected chi connectivity index (χ3v) is 4.24. The quantitative estimate of drug-likeness (QED) is 0.712. The van der Waals surface area contributed by atoms with Gasteiger partial charge in [-0.2, -0.15) is 0 Å². The number of hydrogen-bond acceptors (Lipinski definition) is 3. The Morgan fingerprint density at radius 2 is 1.78 bits per heavy atom. The number of hydrogen-bond donors (Lipinski definition) is 3. The van der Waals surface area contributed by atoms with E-state index in [1.54, 1.807) is 0 Å². The van der Waals surface area contributed by atoms with Crippen molar-refractivity contribution >= 4 is 5.91 Å². The van der Waals surface area contributed by atoms with Crippen LogP contribution in [0, 0.1) is 10.8 Å². The fourth-order valence-corrected chi connectivity index (χ4v) is 2.15. The molecule has 1 rings (SSSR count). The Hall–Kier alpha value is -0.610. The third-order valence-electron chi connectivity index (χ3n) is 4.24. The third kappa shape index (κ3) is 3.95. The Morgan fingerprint density at radius 3 is 2.22 bits per heavy atom. The summed E-state index contributed by atoms with van der Waals surface area (Å²) in [6, 6.07) is 0. The minimum Gasteiger partial charge on any atom is -0.388 e. The molecule has 106 valence electrons. The number of aliphatic hydroxyl groups is 1. The number of carbonyl (C=O) groups is 1. The second kappa shape index (κ2) is 5.17. The highest BCUT2D eigenvalue weighted by Gasteiger charge is 2.37. The van der Waals surface area contributed by atoms with Crippen LogP contribution >= 0.6 is 0 Å². The van der Waals surface area contributed by atoms with Crippen molar-refractivity contribution in [3.8, 4) is 0 Å². The van der Waals surface area contributed by atoms with Gasteiger partial charge in [0.05, 0.1) is 11.0 Å². The van der Waals surface area contributed by atoms with Gasteiger partial charge in [-0.1, -0.05) is 13.8 Å². The molecule has 4 nitrogen and oxygen atoms in total. The first-order chi connectivity index (χ1) is 8.10. The Bertz CT molecular complexity index is 301. The number of amides is 1. The zero-order valence-electron chi connectivity index (χ0n) is 12.2. The summed E-state index contributed by atoms with van der Waals surface area (Å²) in [5.41, 5.74) is 4.57. The fraction of sp³-hybridized carbons (Fsp3) is 0.929. The van der Waals surface area contributed by atoms with Gasteiger partial charge < -0.3 is 16.2 Å². The molecule has 0 radical (unpaired) electrons. The van der Waals surface area contributed by atoms with Gasteiger partial charge in [-0.3, -0.25) is 4.79 Å². The van der Waals surface area contributed by atoms with Gasteiger partial charge in [0.15, 0.2) is 0 Å². The molecule has 1 amide bonds. The van der Waals surface area contributed by atoms with Crippen LogP contribution in [0.5, 0.6) is 0 Å². The maximum atomic E-state index is 11.9. The summed E-state index contributed by atoms with van der Waals surface area (Å²) in [5.74, 6) is -0.0803. The van der Waals surface area contributed by atoms with E-state index >= 15 is 0 Å². The van der Waals surface area contributed by atoms with Crippen LogP contribution in [-0.4, -0.2) is 29.7 Å². The summed E-state index contributed by atoms with van der Waals surface area (Å²) in [6.07, 6.45) is 3.51. The zero-order valence-corrected chi connectivity index (χ0v) is 12.2. The molecule has 1 fully saturated rings. The lowest BCUT2D eigenvalue weighted by Gasteiger charge is -2.40. The van der Waals surface area contributed by atoms with Gasteiger partial charge in [0.2, 0.25) is 5.91 Å². The van der Waals surface area contributed by atoms with Gasteiger partial charge in [-0.05, 0) is 44.9 Å². The molecule has 0 aromatic rings. The molecule has 1 aliphatic rings. The average molecular weight is 256 g/mol. The predicted octanol–water partition coefficient (Wildman–Crippen LogP) is 1.42. The van der Waals surface area contributed by atoms with Crippen LogP contribution in [0.2, 0.25) is 0 Å². The molecule has 1 saturated carbocycles. The van der Waals surface area contributed by atoms with Crippen LogP contribution in [0.25, 0.3) is 0 Å².